The van der Waals surface area contributed by atoms with Crippen LogP contribution in [-0.2, 0) is 11.3 Å². The standard InChI is InChI=1S/C19H19N3OS/c1-14-8-10-16(11-9-14)12-20-21-19-22(18(23)15(2)24-19)13-17-6-4-3-5-7-17/h3-12,15H,13H2,1-2H3/b20-12-,21-19-/t15-/m0/s1. The minimum Gasteiger partial charge on any atom is -0.284 e. The molecule has 1 amide bonds. The molecule has 0 bridgehead atoms. The Hall–Kier alpha value is -2.40. The molecule has 0 radical (unpaired) electrons. The first-order valence-corrected chi connectivity index (χ1v) is 8.71. The summed E-state index contributed by atoms with van der Waals surface area (Å²) in [5, 5.41) is 8.97. The number of rotatable bonds is 4. The van der Waals surface area contributed by atoms with Crippen LogP contribution in [0.1, 0.15) is 23.6 Å². The number of carbonyl (C=O) groups excluding carboxylic acids is 1. The zero-order valence-electron chi connectivity index (χ0n) is 13.7. The Balaban J connectivity index is 1.76. The molecule has 1 heterocycles. The zero-order chi connectivity index (χ0) is 16.9. The van der Waals surface area contributed by atoms with E-state index < -0.39 is 0 Å². The smallest absolute Gasteiger partial charge is 0.242 e. The lowest BCUT2D eigenvalue weighted by atomic mass is 10.2. The third-order valence-electron chi connectivity index (χ3n) is 3.74. The van der Waals surface area contributed by atoms with Gasteiger partial charge in [-0.25, -0.2) is 0 Å². The Bertz CT molecular complexity index is 769. The molecule has 1 aliphatic heterocycles. The third kappa shape index (κ3) is 3.92. The lowest BCUT2D eigenvalue weighted by Crippen LogP contribution is -2.30. The molecule has 4 nitrogen and oxygen atoms in total. The van der Waals surface area contributed by atoms with Crippen LogP contribution in [0.25, 0.3) is 0 Å². The molecule has 0 saturated carbocycles. The number of aryl methyl sites for hydroxylation is 1. The summed E-state index contributed by atoms with van der Waals surface area (Å²) in [6.45, 7) is 4.47. The van der Waals surface area contributed by atoms with E-state index >= 15 is 0 Å². The summed E-state index contributed by atoms with van der Waals surface area (Å²) >= 11 is 1.45. The van der Waals surface area contributed by atoms with Gasteiger partial charge in [-0.3, -0.25) is 9.69 Å². The van der Waals surface area contributed by atoms with E-state index in [1.165, 1.54) is 17.3 Å². The average Bonchev–Trinajstić information content (AvgIpc) is 2.85. The van der Waals surface area contributed by atoms with Crippen LogP contribution in [0.3, 0.4) is 0 Å². The van der Waals surface area contributed by atoms with Gasteiger partial charge in [-0.15, -0.1) is 5.10 Å². The molecule has 2 aromatic carbocycles. The molecule has 5 heteroatoms. The Morgan fingerprint density at radius 2 is 1.83 bits per heavy atom. The van der Waals surface area contributed by atoms with Gasteiger partial charge < -0.3 is 0 Å². The summed E-state index contributed by atoms with van der Waals surface area (Å²) in [5.41, 5.74) is 3.27. The number of hydrogen-bond acceptors (Lipinski definition) is 4. The quantitative estimate of drug-likeness (QED) is 0.628. The number of amides is 1. The highest BCUT2D eigenvalue weighted by Crippen LogP contribution is 2.28. The molecule has 122 valence electrons. The molecular formula is C19H19N3OS. The van der Waals surface area contributed by atoms with Gasteiger partial charge in [0.1, 0.15) is 0 Å². The molecule has 1 saturated heterocycles. The van der Waals surface area contributed by atoms with Crippen molar-refractivity contribution in [3.05, 3.63) is 71.3 Å². The fourth-order valence-corrected chi connectivity index (χ4v) is 3.29. The highest BCUT2D eigenvalue weighted by Gasteiger charge is 2.35. The number of benzene rings is 2. The molecule has 3 rings (SSSR count). The largest absolute Gasteiger partial charge is 0.284 e. The highest BCUT2D eigenvalue weighted by atomic mass is 32.2. The van der Waals surface area contributed by atoms with Gasteiger partial charge in [-0.1, -0.05) is 71.9 Å². The van der Waals surface area contributed by atoms with E-state index in [0.717, 1.165) is 11.1 Å². The van der Waals surface area contributed by atoms with Crippen LogP contribution in [0.4, 0.5) is 0 Å². The summed E-state index contributed by atoms with van der Waals surface area (Å²) in [6.07, 6.45) is 1.71. The van der Waals surface area contributed by atoms with Crippen LogP contribution in [0, 0.1) is 6.92 Å². The minimum atomic E-state index is -0.123. The molecule has 24 heavy (non-hydrogen) atoms. The first kappa shape index (κ1) is 16.5. The molecular weight excluding hydrogens is 318 g/mol. The second-order valence-corrected chi connectivity index (χ2v) is 7.02. The first-order chi connectivity index (χ1) is 11.6. The molecule has 1 fully saturated rings. The lowest BCUT2D eigenvalue weighted by molar-refractivity contribution is -0.126. The van der Waals surface area contributed by atoms with Crippen molar-refractivity contribution in [3.63, 3.8) is 0 Å². The van der Waals surface area contributed by atoms with Gasteiger partial charge in [0.05, 0.1) is 18.0 Å². The summed E-state index contributed by atoms with van der Waals surface area (Å²) in [6, 6.07) is 18.0. The van der Waals surface area contributed by atoms with Gasteiger partial charge in [0, 0.05) is 0 Å². The fraction of sp³-hybridized carbons (Fsp3) is 0.211. The first-order valence-electron chi connectivity index (χ1n) is 7.83. The van der Waals surface area contributed by atoms with Gasteiger partial charge in [0.25, 0.3) is 0 Å². The average molecular weight is 337 g/mol. The topological polar surface area (TPSA) is 45.0 Å². The summed E-state index contributed by atoms with van der Waals surface area (Å²) < 4.78 is 0. The van der Waals surface area contributed by atoms with Gasteiger partial charge in [0.2, 0.25) is 5.91 Å². The predicted octanol–water partition coefficient (Wildman–Crippen LogP) is 3.85. The summed E-state index contributed by atoms with van der Waals surface area (Å²) in [5.74, 6) is 0.0770. The Labute approximate surface area is 146 Å². The van der Waals surface area contributed by atoms with Crippen molar-refractivity contribution in [2.75, 3.05) is 0 Å². The second-order valence-electron chi connectivity index (χ2n) is 5.71. The maximum absolute atomic E-state index is 12.4. The summed E-state index contributed by atoms with van der Waals surface area (Å²) in [4.78, 5) is 14.1. The van der Waals surface area contributed by atoms with Crippen LogP contribution in [0.2, 0.25) is 0 Å². The molecule has 2 aromatic rings. The number of amidine groups is 1. The SMILES string of the molecule is Cc1ccc(/C=N\N=C2/S[C@@H](C)C(=O)N2Cc2ccccc2)cc1. The molecule has 0 unspecified atom stereocenters. The van der Waals surface area contributed by atoms with Crippen LogP contribution >= 0.6 is 11.8 Å². The highest BCUT2D eigenvalue weighted by molar-refractivity contribution is 8.15. The minimum absolute atomic E-state index is 0.0770. The van der Waals surface area contributed by atoms with Gasteiger partial charge >= 0.3 is 0 Å². The Morgan fingerprint density at radius 1 is 1.12 bits per heavy atom. The number of hydrogen-bond donors (Lipinski definition) is 0. The lowest BCUT2D eigenvalue weighted by Gasteiger charge is -2.15. The van der Waals surface area contributed by atoms with E-state index in [1.54, 1.807) is 11.1 Å². The molecule has 0 aromatic heterocycles. The van der Waals surface area contributed by atoms with Gasteiger partial charge in [-0.05, 0) is 25.0 Å². The maximum Gasteiger partial charge on any atom is 0.242 e. The van der Waals surface area contributed by atoms with E-state index in [4.69, 9.17) is 0 Å². The predicted molar refractivity (Wildman–Crippen MR) is 100 cm³/mol. The van der Waals surface area contributed by atoms with E-state index in [1.807, 2.05) is 68.4 Å². The van der Waals surface area contributed by atoms with Crippen molar-refractivity contribution in [1.29, 1.82) is 0 Å². The molecule has 0 spiro atoms. The van der Waals surface area contributed by atoms with Crippen molar-refractivity contribution in [2.45, 2.75) is 25.6 Å². The van der Waals surface area contributed by atoms with Crippen molar-refractivity contribution in [2.24, 2.45) is 10.2 Å². The normalized spacial score (nSPS) is 19.6. The fourth-order valence-electron chi connectivity index (χ4n) is 2.37. The number of thioether (sulfide) groups is 1. The number of carbonyl (C=O) groups is 1. The molecule has 0 N–H and O–H groups in total. The van der Waals surface area contributed by atoms with E-state index in [2.05, 4.69) is 10.2 Å². The molecule has 0 aliphatic carbocycles. The summed E-state index contributed by atoms with van der Waals surface area (Å²) in [7, 11) is 0. The maximum atomic E-state index is 12.4. The Morgan fingerprint density at radius 3 is 2.54 bits per heavy atom. The van der Waals surface area contributed by atoms with Crippen molar-refractivity contribution in [3.8, 4) is 0 Å². The van der Waals surface area contributed by atoms with Crippen molar-refractivity contribution in [1.82, 2.24) is 4.90 Å². The van der Waals surface area contributed by atoms with E-state index in [0.29, 0.717) is 11.7 Å². The van der Waals surface area contributed by atoms with E-state index in [9.17, 15) is 4.79 Å². The third-order valence-corrected chi connectivity index (χ3v) is 4.81. The Kier molecular flexibility index (Phi) is 5.11. The van der Waals surface area contributed by atoms with Gasteiger partial charge in [-0.2, -0.15) is 5.10 Å². The van der Waals surface area contributed by atoms with Crippen LogP contribution < -0.4 is 0 Å². The monoisotopic (exact) mass is 337 g/mol. The second kappa shape index (κ2) is 7.45. The molecule has 1 atom stereocenters. The van der Waals surface area contributed by atoms with Gasteiger partial charge in [0.15, 0.2) is 5.17 Å². The van der Waals surface area contributed by atoms with Crippen molar-refractivity contribution < 1.29 is 4.79 Å². The number of nitrogens with zero attached hydrogens (tertiary/aromatic N) is 3. The zero-order valence-corrected chi connectivity index (χ0v) is 14.5. The van der Waals surface area contributed by atoms with E-state index in [-0.39, 0.29) is 11.2 Å². The van der Waals surface area contributed by atoms with Crippen molar-refractivity contribution >= 4 is 29.1 Å². The molecule has 1 aliphatic rings. The van der Waals surface area contributed by atoms with Crippen LogP contribution in [0.5, 0.6) is 0 Å². The van der Waals surface area contributed by atoms with Crippen LogP contribution in [-0.4, -0.2) is 27.4 Å². The van der Waals surface area contributed by atoms with Crippen LogP contribution in [0.15, 0.2) is 64.8 Å².